The van der Waals surface area contributed by atoms with Crippen molar-refractivity contribution in [1.82, 2.24) is 9.55 Å². The van der Waals surface area contributed by atoms with E-state index >= 15 is 0 Å². The summed E-state index contributed by atoms with van der Waals surface area (Å²) in [6.07, 6.45) is 2.57. The van der Waals surface area contributed by atoms with Crippen LogP contribution >= 0.6 is 0 Å². The van der Waals surface area contributed by atoms with Crippen molar-refractivity contribution < 1.29 is 4.74 Å². The summed E-state index contributed by atoms with van der Waals surface area (Å²) in [6.45, 7) is 0.856. The Labute approximate surface area is 118 Å². The third-order valence-electron chi connectivity index (χ3n) is 4.76. The molecule has 0 radical (unpaired) electrons. The number of imidazole rings is 1. The average molecular weight is 272 g/mol. The zero-order chi connectivity index (χ0) is 13.7. The van der Waals surface area contributed by atoms with Crippen LogP contribution in [0.2, 0.25) is 0 Å². The fourth-order valence-corrected chi connectivity index (χ4v) is 3.55. The quantitative estimate of drug-likeness (QED) is 0.869. The van der Waals surface area contributed by atoms with E-state index in [0.29, 0.717) is 5.92 Å². The molecule has 106 valence electrons. The van der Waals surface area contributed by atoms with Gasteiger partial charge in [0, 0.05) is 25.6 Å². The first-order chi connectivity index (χ1) is 9.75. The smallest absolute Gasteiger partial charge is 0.203 e. The van der Waals surface area contributed by atoms with Gasteiger partial charge in [0.2, 0.25) is 5.95 Å². The Bertz CT molecular complexity index is 638. The maximum Gasteiger partial charge on any atom is 0.203 e. The molecule has 1 aromatic heterocycles. The topological polar surface area (TPSA) is 65.1 Å². The SMILES string of the molecule is Cn1c(NC2C(N)C3CCCOC32)nc2ccccc21. The molecule has 2 aliphatic rings. The number of hydrogen-bond donors (Lipinski definition) is 2. The number of ether oxygens (including phenoxy) is 1. The number of fused-ring (bicyclic) bond motifs is 2. The number of benzene rings is 1. The van der Waals surface area contributed by atoms with E-state index in [-0.39, 0.29) is 18.2 Å². The van der Waals surface area contributed by atoms with E-state index in [9.17, 15) is 0 Å². The number of hydrogen-bond acceptors (Lipinski definition) is 4. The first-order valence-corrected chi connectivity index (χ1v) is 7.31. The van der Waals surface area contributed by atoms with Gasteiger partial charge in [0.15, 0.2) is 0 Å². The van der Waals surface area contributed by atoms with Crippen LogP contribution in [-0.4, -0.2) is 34.3 Å². The maximum atomic E-state index is 6.29. The summed E-state index contributed by atoms with van der Waals surface area (Å²) in [6, 6.07) is 8.49. The average Bonchev–Trinajstić information content (AvgIpc) is 2.81. The molecule has 5 nitrogen and oxygen atoms in total. The summed E-state index contributed by atoms with van der Waals surface area (Å²) >= 11 is 0. The number of para-hydroxylation sites is 2. The maximum absolute atomic E-state index is 6.29. The van der Waals surface area contributed by atoms with Crippen LogP contribution in [0.1, 0.15) is 12.8 Å². The Balaban J connectivity index is 1.60. The lowest BCUT2D eigenvalue weighted by atomic mass is 9.69. The largest absolute Gasteiger partial charge is 0.376 e. The van der Waals surface area contributed by atoms with E-state index in [2.05, 4.69) is 20.9 Å². The zero-order valence-electron chi connectivity index (χ0n) is 11.6. The number of aryl methyl sites for hydroxylation is 1. The molecular formula is C15H20N4O. The Morgan fingerprint density at radius 1 is 1.40 bits per heavy atom. The molecule has 2 aromatic rings. The summed E-state index contributed by atoms with van der Waals surface area (Å²) in [5.41, 5.74) is 8.42. The second kappa shape index (κ2) is 4.46. The molecule has 1 aliphatic carbocycles. The normalized spacial score (nSPS) is 32.7. The van der Waals surface area contributed by atoms with Gasteiger partial charge in [-0.05, 0) is 25.0 Å². The van der Waals surface area contributed by atoms with Gasteiger partial charge >= 0.3 is 0 Å². The molecule has 4 atom stereocenters. The third kappa shape index (κ3) is 1.66. The summed E-state index contributed by atoms with van der Waals surface area (Å²) in [5, 5.41) is 3.49. The van der Waals surface area contributed by atoms with Crippen LogP contribution in [0.25, 0.3) is 11.0 Å². The highest BCUT2D eigenvalue weighted by Crippen LogP contribution is 2.38. The van der Waals surface area contributed by atoms with Crippen LogP contribution in [0.3, 0.4) is 0 Å². The zero-order valence-corrected chi connectivity index (χ0v) is 11.6. The van der Waals surface area contributed by atoms with Crippen molar-refractivity contribution >= 4 is 17.0 Å². The third-order valence-corrected chi connectivity index (χ3v) is 4.76. The molecule has 0 amide bonds. The van der Waals surface area contributed by atoms with Crippen molar-refractivity contribution in [3.63, 3.8) is 0 Å². The van der Waals surface area contributed by atoms with E-state index in [4.69, 9.17) is 10.5 Å². The highest BCUT2D eigenvalue weighted by molar-refractivity contribution is 5.78. The van der Waals surface area contributed by atoms with Crippen molar-refractivity contribution in [2.75, 3.05) is 11.9 Å². The Hall–Kier alpha value is -1.59. The Morgan fingerprint density at radius 2 is 2.25 bits per heavy atom. The Morgan fingerprint density at radius 3 is 3.10 bits per heavy atom. The predicted molar refractivity (Wildman–Crippen MR) is 78.6 cm³/mol. The lowest BCUT2D eigenvalue weighted by Crippen LogP contribution is -2.69. The van der Waals surface area contributed by atoms with E-state index in [1.807, 2.05) is 25.2 Å². The molecule has 2 fully saturated rings. The number of rotatable bonds is 2. The van der Waals surface area contributed by atoms with Gasteiger partial charge in [0.25, 0.3) is 0 Å². The molecule has 0 bridgehead atoms. The first kappa shape index (κ1) is 12.2. The van der Waals surface area contributed by atoms with Gasteiger partial charge < -0.3 is 20.4 Å². The summed E-state index contributed by atoms with van der Waals surface area (Å²) in [5.74, 6) is 1.38. The summed E-state index contributed by atoms with van der Waals surface area (Å²) in [7, 11) is 2.03. The molecule has 1 saturated heterocycles. The van der Waals surface area contributed by atoms with Crippen molar-refractivity contribution in [3.8, 4) is 0 Å². The monoisotopic (exact) mass is 272 g/mol. The number of nitrogens with one attached hydrogen (secondary N) is 1. The standard InChI is InChI=1S/C15H20N4O/c1-19-11-7-3-2-6-10(11)17-15(19)18-13-12(16)9-5-4-8-20-14(9)13/h2-3,6-7,9,12-14H,4-5,8,16H2,1H3,(H,17,18). The van der Waals surface area contributed by atoms with Gasteiger partial charge in [-0.2, -0.15) is 0 Å². The molecule has 5 heteroatoms. The molecular weight excluding hydrogens is 252 g/mol. The fourth-order valence-electron chi connectivity index (χ4n) is 3.55. The Kier molecular flexibility index (Phi) is 2.72. The highest BCUT2D eigenvalue weighted by atomic mass is 16.5. The van der Waals surface area contributed by atoms with Crippen molar-refractivity contribution in [2.45, 2.75) is 31.0 Å². The molecule has 1 saturated carbocycles. The lowest BCUT2D eigenvalue weighted by molar-refractivity contribution is -0.104. The van der Waals surface area contributed by atoms with Gasteiger partial charge in [-0.1, -0.05) is 12.1 Å². The molecule has 2 heterocycles. The van der Waals surface area contributed by atoms with E-state index in [1.54, 1.807) is 0 Å². The van der Waals surface area contributed by atoms with Crippen LogP contribution in [0.5, 0.6) is 0 Å². The molecule has 3 N–H and O–H groups in total. The summed E-state index contributed by atoms with van der Waals surface area (Å²) in [4.78, 5) is 4.65. The van der Waals surface area contributed by atoms with Crippen molar-refractivity contribution in [3.05, 3.63) is 24.3 Å². The van der Waals surface area contributed by atoms with Crippen molar-refractivity contribution in [1.29, 1.82) is 0 Å². The molecule has 4 unspecified atom stereocenters. The van der Waals surface area contributed by atoms with Crippen LogP contribution in [-0.2, 0) is 11.8 Å². The first-order valence-electron chi connectivity index (χ1n) is 7.31. The minimum absolute atomic E-state index is 0.167. The second-order valence-electron chi connectivity index (χ2n) is 5.87. The van der Waals surface area contributed by atoms with Crippen LogP contribution in [0, 0.1) is 5.92 Å². The van der Waals surface area contributed by atoms with Crippen LogP contribution in [0.15, 0.2) is 24.3 Å². The van der Waals surface area contributed by atoms with Crippen LogP contribution < -0.4 is 11.1 Å². The molecule has 20 heavy (non-hydrogen) atoms. The van der Waals surface area contributed by atoms with Gasteiger partial charge in [-0.3, -0.25) is 0 Å². The fraction of sp³-hybridized carbons (Fsp3) is 0.533. The molecule has 0 spiro atoms. The molecule has 1 aromatic carbocycles. The van der Waals surface area contributed by atoms with Gasteiger partial charge in [-0.25, -0.2) is 4.98 Å². The highest BCUT2D eigenvalue weighted by Gasteiger charge is 2.50. The molecule has 1 aliphatic heterocycles. The van der Waals surface area contributed by atoms with E-state index < -0.39 is 0 Å². The van der Waals surface area contributed by atoms with E-state index in [0.717, 1.165) is 30.0 Å². The minimum Gasteiger partial charge on any atom is -0.376 e. The minimum atomic E-state index is 0.167. The number of nitrogens with two attached hydrogens (primary N) is 1. The van der Waals surface area contributed by atoms with Gasteiger partial charge in [-0.15, -0.1) is 0 Å². The predicted octanol–water partition coefficient (Wildman–Crippen LogP) is 1.49. The molecule has 4 rings (SSSR count). The lowest BCUT2D eigenvalue weighted by Gasteiger charge is -2.52. The van der Waals surface area contributed by atoms with Gasteiger partial charge in [0.1, 0.15) is 0 Å². The summed E-state index contributed by atoms with van der Waals surface area (Å²) < 4.78 is 7.95. The van der Waals surface area contributed by atoms with Gasteiger partial charge in [0.05, 0.1) is 23.2 Å². The van der Waals surface area contributed by atoms with E-state index in [1.165, 1.54) is 6.42 Å². The van der Waals surface area contributed by atoms with Crippen LogP contribution in [0.4, 0.5) is 5.95 Å². The second-order valence-corrected chi connectivity index (χ2v) is 5.87. The number of anilines is 1. The number of aromatic nitrogens is 2. The number of nitrogens with zero attached hydrogens (tertiary/aromatic N) is 2. The van der Waals surface area contributed by atoms with Crippen molar-refractivity contribution in [2.24, 2.45) is 18.7 Å².